The molecule has 1 aromatic rings. The number of likely N-dealkylation sites (tertiary alicyclic amines) is 1. The summed E-state index contributed by atoms with van der Waals surface area (Å²) in [7, 11) is 3.98. The van der Waals surface area contributed by atoms with Crippen molar-refractivity contribution in [2.75, 3.05) is 44.0 Å². The number of ether oxygens (including phenoxy) is 1. The van der Waals surface area contributed by atoms with Crippen molar-refractivity contribution < 1.29 is 9.53 Å². The number of rotatable bonds is 5. The van der Waals surface area contributed by atoms with Crippen molar-refractivity contribution in [3.05, 3.63) is 18.3 Å². The van der Waals surface area contributed by atoms with E-state index < -0.39 is 0 Å². The smallest absolute Gasteiger partial charge is 0.225 e. The van der Waals surface area contributed by atoms with Crippen molar-refractivity contribution in [3.63, 3.8) is 0 Å². The molecule has 0 aliphatic carbocycles. The first-order valence-electron chi connectivity index (χ1n) is 9.91. The van der Waals surface area contributed by atoms with E-state index in [2.05, 4.69) is 16.4 Å². The van der Waals surface area contributed by atoms with E-state index in [-0.39, 0.29) is 12.0 Å². The lowest BCUT2D eigenvalue weighted by Crippen LogP contribution is -2.36. The van der Waals surface area contributed by atoms with Gasteiger partial charge in [0.15, 0.2) is 0 Å². The molecule has 144 valence electrons. The summed E-state index contributed by atoms with van der Waals surface area (Å²) in [5, 5.41) is 3.58. The average molecular weight is 361 g/mol. The van der Waals surface area contributed by atoms with Crippen LogP contribution < -0.4 is 10.2 Å². The standard InChI is InChI=1S/C20H32N4O2/c1-23(2)19-9-8-17(15-21-19)22-16-6-5-11-24(12-10-16)20(25)14-18-7-3-4-13-26-18/h8-9,15-16,18,22H,3-7,10-14H2,1-2H3/t16-,18+/m0/s1. The molecule has 6 nitrogen and oxygen atoms in total. The Morgan fingerprint density at radius 3 is 2.81 bits per heavy atom. The van der Waals surface area contributed by atoms with Crippen LogP contribution in [0, 0.1) is 0 Å². The fourth-order valence-corrected chi connectivity index (χ4v) is 3.75. The molecule has 2 saturated heterocycles. The minimum absolute atomic E-state index is 0.134. The summed E-state index contributed by atoms with van der Waals surface area (Å²) < 4.78 is 5.73. The molecule has 3 rings (SSSR count). The number of nitrogens with zero attached hydrogens (tertiary/aromatic N) is 3. The van der Waals surface area contributed by atoms with Gasteiger partial charge >= 0.3 is 0 Å². The Labute approximate surface area is 156 Å². The highest BCUT2D eigenvalue weighted by atomic mass is 16.5. The van der Waals surface area contributed by atoms with Crippen LogP contribution in [0.25, 0.3) is 0 Å². The Balaban J connectivity index is 1.47. The molecule has 3 heterocycles. The zero-order valence-electron chi connectivity index (χ0n) is 16.1. The lowest BCUT2D eigenvalue weighted by Gasteiger charge is -2.26. The first kappa shape index (κ1) is 19.0. The van der Waals surface area contributed by atoms with Crippen LogP contribution in [0.4, 0.5) is 11.5 Å². The molecule has 2 atom stereocenters. The van der Waals surface area contributed by atoms with Gasteiger partial charge in [0.2, 0.25) is 5.91 Å². The molecular weight excluding hydrogens is 328 g/mol. The summed E-state index contributed by atoms with van der Waals surface area (Å²) in [5.41, 5.74) is 1.05. The fraction of sp³-hybridized carbons (Fsp3) is 0.700. The Hall–Kier alpha value is -1.82. The molecule has 2 aliphatic rings. The van der Waals surface area contributed by atoms with Gasteiger partial charge in [-0.3, -0.25) is 4.79 Å². The monoisotopic (exact) mass is 360 g/mol. The van der Waals surface area contributed by atoms with Gasteiger partial charge in [-0.15, -0.1) is 0 Å². The van der Waals surface area contributed by atoms with Gasteiger partial charge in [-0.2, -0.15) is 0 Å². The molecule has 6 heteroatoms. The molecule has 0 radical (unpaired) electrons. The molecule has 0 aromatic carbocycles. The Kier molecular flexibility index (Phi) is 6.72. The van der Waals surface area contributed by atoms with Gasteiger partial charge in [-0.25, -0.2) is 4.98 Å². The molecule has 26 heavy (non-hydrogen) atoms. The van der Waals surface area contributed by atoms with Crippen molar-refractivity contribution in [1.82, 2.24) is 9.88 Å². The molecule has 0 bridgehead atoms. The van der Waals surface area contributed by atoms with Crippen LogP contribution >= 0.6 is 0 Å². The zero-order chi connectivity index (χ0) is 18.4. The van der Waals surface area contributed by atoms with E-state index in [0.29, 0.717) is 12.5 Å². The van der Waals surface area contributed by atoms with E-state index in [4.69, 9.17) is 4.74 Å². The summed E-state index contributed by atoms with van der Waals surface area (Å²) in [4.78, 5) is 21.1. The van der Waals surface area contributed by atoms with E-state index in [1.54, 1.807) is 0 Å². The fourth-order valence-electron chi connectivity index (χ4n) is 3.75. The number of nitrogens with one attached hydrogen (secondary N) is 1. The third-order valence-corrected chi connectivity index (χ3v) is 5.33. The molecule has 1 amide bonds. The van der Waals surface area contributed by atoms with Gasteiger partial charge in [0, 0.05) is 39.8 Å². The number of hydrogen-bond acceptors (Lipinski definition) is 5. The number of anilines is 2. The minimum atomic E-state index is 0.134. The normalized spacial score (nSPS) is 24.0. The van der Waals surface area contributed by atoms with Crippen LogP contribution in [0.15, 0.2) is 18.3 Å². The number of hydrogen-bond donors (Lipinski definition) is 1. The van der Waals surface area contributed by atoms with E-state index in [1.807, 2.05) is 36.2 Å². The second-order valence-electron chi connectivity index (χ2n) is 7.65. The van der Waals surface area contributed by atoms with Crippen molar-refractivity contribution in [1.29, 1.82) is 0 Å². The maximum absolute atomic E-state index is 12.6. The molecule has 0 saturated carbocycles. The first-order valence-corrected chi connectivity index (χ1v) is 9.91. The lowest BCUT2D eigenvalue weighted by molar-refractivity contribution is -0.135. The van der Waals surface area contributed by atoms with E-state index >= 15 is 0 Å². The second kappa shape index (κ2) is 9.21. The summed E-state index contributed by atoms with van der Waals surface area (Å²) in [6.45, 7) is 2.50. The predicted molar refractivity (Wildman–Crippen MR) is 105 cm³/mol. The van der Waals surface area contributed by atoms with Gasteiger partial charge in [0.25, 0.3) is 0 Å². The van der Waals surface area contributed by atoms with Gasteiger partial charge in [0.05, 0.1) is 24.4 Å². The zero-order valence-corrected chi connectivity index (χ0v) is 16.1. The van der Waals surface area contributed by atoms with Crippen LogP contribution in [0.3, 0.4) is 0 Å². The highest BCUT2D eigenvalue weighted by Gasteiger charge is 2.24. The lowest BCUT2D eigenvalue weighted by atomic mass is 10.1. The van der Waals surface area contributed by atoms with Crippen molar-refractivity contribution in [2.45, 2.75) is 57.1 Å². The summed E-state index contributed by atoms with van der Waals surface area (Å²) in [6.07, 6.45) is 9.02. The maximum Gasteiger partial charge on any atom is 0.225 e. The molecule has 2 aliphatic heterocycles. The predicted octanol–water partition coefficient (Wildman–Crippen LogP) is 2.90. The van der Waals surface area contributed by atoms with Crippen molar-refractivity contribution >= 4 is 17.4 Å². The van der Waals surface area contributed by atoms with Crippen molar-refractivity contribution in [3.8, 4) is 0 Å². The van der Waals surface area contributed by atoms with E-state index in [0.717, 1.165) is 63.3 Å². The Bertz CT molecular complexity index is 570. The average Bonchev–Trinajstić information content (AvgIpc) is 2.89. The summed E-state index contributed by atoms with van der Waals surface area (Å²) in [5.74, 6) is 1.22. The third kappa shape index (κ3) is 5.34. The Morgan fingerprint density at radius 2 is 2.12 bits per heavy atom. The molecule has 1 N–H and O–H groups in total. The van der Waals surface area contributed by atoms with Gasteiger partial charge in [-0.05, 0) is 50.7 Å². The van der Waals surface area contributed by atoms with Crippen LogP contribution in [-0.2, 0) is 9.53 Å². The highest BCUT2D eigenvalue weighted by Crippen LogP contribution is 2.21. The quantitative estimate of drug-likeness (QED) is 0.875. The van der Waals surface area contributed by atoms with E-state index in [9.17, 15) is 4.79 Å². The van der Waals surface area contributed by atoms with E-state index in [1.165, 1.54) is 6.42 Å². The van der Waals surface area contributed by atoms with Gasteiger partial charge in [0.1, 0.15) is 5.82 Å². The third-order valence-electron chi connectivity index (χ3n) is 5.33. The minimum Gasteiger partial charge on any atom is -0.381 e. The number of pyridine rings is 1. The molecule has 0 spiro atoms. The van der Waals surface area contributed by atoms with Crippen LogP contribution in [0.1, 0.15) is 44.9 Å². The van der Waals surface area contributed by atoms with Crippen LogP contribution in [-0.4, -0.2) is 61.7 Å². The van der Waals surface area contributed by atoms with Gasteiger partial charge < -0.3 is 19.9 Å². The number of carbonyl (C=O) groups excluding carboxylic acids is 1. The highest BCUT2D eigenvalue weighted by molar-refractivity contribution is 5.76. The SMILES string of the molecule is CN(C)c1ccc(N[C@H]2CCCN(C(=O)C[C@H]3CCCCO3)CC2)cn1. The maximum atomic E-state index is 12.6. The molecule has 2 fully saturated rings. The molecular formula is C20H32N4O2. The number of carbonyl (C=O) groups is 1. The molecule has 0 unspecified atom stereocenters. The van der Waals surface area contributed by atoms with Crippen molar-refractivity contribution in [2.24, 2.45) is 0 Å². The van der Waals surface area contributed by atoms with Gasteiger partial charge in [-0.1, -0.05) is 0 Å². The van der Waals surface area contributed by atoms with Crippen LogP contribution in [0.5, 0.6) is 0 Å². The number of aromatic nitrogens is 1. The topological polar surface area (TPSA) is 57.7 Å². The first-order chi connectivity index (χ1) is 12.6. The second-order valence-corrected chi connectivity index (χ2v) is 7.65. The largest absolute Gasteiger partial charge is 0.381 e. The number of amides is 1. The molecule has 1 aromatic heterocycles. The Morgan fingerprint density at radius 1 is 1.23 bits per heavy atom. The van der Waals surface area contributed by atoms with Crippen LogP contribution in [0.2, 0.25) is 0 Å². The summed E-state index contributed by atoms with van der Waals surface area (Å²) >= 11 is 0. The summed E-state index contributed by atoms with van der Waals surface area (Å²) in [6, 6.07) is 4.50.